The summed E-state index contributed by atoms with van der Waals surface area (Å²) in [5.41, 5.74) is 0. The molecular weight excluding hydrogens is 152 g/mol. The van der Waals surface area contributed by atoms with Crippen LogP contribution in [-0.2, 0) is 0 Å². The third kappa shape index (κ3) is 1.16. The highest BCUT2D eigenvalue weighted by Crippen LogP contribution is 2.30. The van der Waals surface area contributed by atoms with E-state index in [2.05, 4.69) is 6.58 Å². The lowest BCUT2D eigenvalue weighted by atomic mass is 10.2. The summed E-state index contributed by atoms with van der Waals surface area (Å²) < 4.78 is 11.0. The SMILES string of the molecule is C=CC1COc2ccccc2O1. The van der Waals surface area contributed by atoms with E-state index < -0.39 is 0 Å². The second-order valence-electron chi connectivity index (χ2n) is 2.65. The molecule has 1 heterocycles. The highest BCUT2D eigenvalue weighted by Gasteiger charge is 2.16. The summed E-state index contributed by atoms with van der Waals surface area (Å²) >= 11 is 0. The normalized spacial score (nSPS) is 20.2. The third-order valence-corrected chi connectivity index (χ3v) is 1.79. The first-order chi connectivity index (χ1) is 5.90. The summed E-state index contributed by atoms with van der Waals surface area (Å²) in [6.07, 6.45) is 1.73. The van der Waals surface area contributed by atoms with Gasteiger partial charge in [0.25, 0.3) is 0 Å². The van der Waals surface area contributed by atoms with E-state index in [1.54, 1.807) is 6.08 Å². The smallest absolute Gasteiger partial charge is 0.162 e. The van der Waals surface area contributed by atoms with Crippen molar-refractivity contribution in [1.82, 2.24) is 0 Å². The van der Waals surface area contributed by atoms with Gasteiger partial charge < -0.3 is 9.47 Å². The molecule has 0 radical (unpaired) electrons. The van der Waals surface area contributed by atoms with E-state index in [4.69, 9.17) is 9.47 Å². The Morgan fingerprint density at radius 2 is 2.08 bits per heavy atom. The van der Waals surface area contributed by atoms with E-state index in [9.17, 15) is 0 Å². The van der Waals surface area contributed by atoms with Crippen molar-refractivity contribution < 1.29 is 9.47 Å². The maximum absolute atomic E-state index is 5.54. The van der Waals surface area contributed by atoms with Crippen molar-refractivity contribution in [1.29, 1.82) is 0 Å². The first-order valence-electron chi connectivity index (χ1n) is 3.91. The quantitative estimate of drug-likeness (QED) is 0.588. The number of benzene rings is 1. The Balaban J connectivity index is 2.28. The number of fused-ring (bicyclic) bond motifs is 1. The monoisotopic (exact) mass is 162 g/mol. The van der Waals surface area contributed by atoms with Gasteiger partial charge in [0.1, 0.15) is 6.61 Å². The van der Waals surface area contributed by atoms with Gasteiger partial charge in [-0.05, 0) is 18.2 Å². The van der Waals surface area contributed by atoms with Crippen molar-refractivity contribution in [2.45, 2.75) is 6.10 Å². The van der Waals surface area contributed by atoms with Crippen molar-refractivity contribution in [2.75, 3.05) is 6.61 Å². The van der Waals surface area contributed by atoms with Gasteiger partial charge in [-0.1, -0.05) is 18.7 Å². The van der Waals surface area contributed by atoms with E-state index in [1.807, 2.05) is 24.3 Å². The van der Waals surface area contributed by atoms with E-state index in [1.165, 1.54) is 0 Å². The maximum atomic E-state index is 5.54. The van der Waals surface area contributed by atoms with E-state index in [-0.39, 0.29) is 6.10 Å². The van der Waals surface area contributed by atoms with Crippen molar-refractivity contribution in [3.63, 3.8) is 0 Å². The van der Waals surface area contributed by atoms with Crippen LogP contribution in [0.2, 0.25) is 0 Å². The molecule has 1 unspecified atom stereocenters. The predicted octanol–water partition coefficient (Wildman–Crippen LogP) is 2.01. The minimum absolute atomic E-state index is 0.0140. The zero-order valence-electron chi connectivity index (χ0n) is 6.69. The molecule has 2 rings (SSSR count). The Morgan fingerprint density at radius 1 is 1.33 bits per heavy atom. The van der Waals surface area contributed by atoms with Gasteiger partial charge in [0.2, 0.25) is 0 Å². The minimum atomic E-state index is -0.0140. The standard InChI is InChI=1S/C10H10O2/c1-2-8-7-11-9-5-3-4-6-10(9)12-8/h2-6,8H,1,7H2. The van der Waals surface area contributed by atoms with Crippen molar-refractivity contribution >= 4 is 0 Å². The summed E-state index contributed by atoms with van der Waals surface area (Å²) in [6, 6.07) is 7.64. The summed E-state index contributed by atoms with van der Waals surface area (Å²) in [6.45, 7) is 4.21. The van der Waals surface area contributed by atoms with Crippen LogP contribution in [0.5, 0.6) is 11.5 Å². The van der Waals surface area contributed by atoms with Crippen LogP contribution in [0.3, 0.4) is 0 Å². The van der Waals surface area contributed by atoms with Crippen molar-refractivity contribution in [3.8, 4) is 11.5 Å². The molecule has 2 heteroatoms. The Hall–Kier alpha value is -1.44. The second kappa shape index (κ2) is 2.89. The van der Waals surface area contributed by atoms with Crippen LogP contribution in [0.15, 0.2) is 36.9 Å². The molecule has 0 N–H and O–H groups in total. The number of rotatable bonds is 1. The van der Waals surface area contributed by atoms with E-state index in [0.717, 1.165) is 11.5 Å². The Morgan fingerprint density at radius 3 is 2.83 bits per heavy atom. The van der Waals surface area contributed by atoms with Gasteiger partial charge in [-0.3, -0.25) is 0 Å². The molecule has 0 saturated heterocycles. The average Bonchev–Trinajstić information content (AvgIpc) is 2.17. The molecule has 0 aromatic heterocycles. The Labute approximate surface area is 71.4 Å². The van der Waals surface area contributed by atoms with E-state index >= 15 is 0 Å². The molecule has 0 saturated carbocycles. The first-order valence-corrected chi connectivity index (χ1v) is 3.91. The first kappa shape index (κ1) is 7.22. The number of hydrogen-bond donors (Lipinski definition) is 0. The maximum Gasteiger partial charge on any atom is 0.162 e. The molecule has 2 nitrogen and oxygen atoms in total. The molecule has 1 aromatic rings. The lowest BCUT2D eigenvalue weighted by Crippen LogP contribution is -2.26. The number of para-hydroxylation sites is 2. The molecule has 0 fully saturated rings. The van der Waals surface area contributed by atoms with Gasteiger partial charge in [-0.2, -0.15) is 0 Å². The second-order valence-corrected chi connectivity index (χ2v) is 2.65. The van der Waals surface area contributed by atoms with Crippen LogP contribution in [0.25, 0.3) is 0 Å². The van der Waals surface area contributed by atoms with Crippen LogP contribution in [0, 0.1) is 0 Å². The highest BCUT2D eigenvalue weighted by atomic mass is 16.6. The van der Waals surface area contributed by atoms with Crippen LogP contribution in [0.4, 0.5) is 0 Å². The molecule has 0 amide bonds. The highest BCUT2D eigenvalue weighted by molar-refractivity contribution is 5.40. The lowest BCUT2D eigenvalue weighted by Gasteiger charge is -2.23. The van der Waals surface area contributed by atoms with Gasteiger partial charge in [-0.25, -0.2) is 0 Å². The van der Waals surface area contributed by atoms with Crippen LogP contribution in [-0.4, -0.2) is 12.7 Å². The third-order valence-electron chi connectivity index (χ3n) is 1.79. The van der Waals surface area contributed by atoms with Crippen LogP contribution in [0.1, 0.15) is 0 Å². The minimum Gasteiger partial charge on any atom is -0.485 e. The van der Waals surface area contributed by atoms with Gasteiger partial charge in [0.15, 0.2) is 17.6 Å². The number of ether oxygens (including phenoxy) is 2. The zero-order valence-corrected chi connectivity index (χ0v) is 6.69. The molecule has 62 valence electrons. The lowest BCUT2D eigenvalue weighted by molar-refractivity contribution is 0.123. The summed E-state index contributed by atoms with van der Waals surface area (Å²) in [7, 11) is 0. The zero-order chi connectivity index (χ0) is 8.39. The van der Waals surface area contributed by atoms with Crippen LogP contribution < -0.4 is 9.47 Å². The van der Waals surface area contributed by atoms with Gasteiger partial charge in [0.05, 0.1) is 0 Å². The molecular formula is C10H10O2. The predicted molar refractivity (Wildman–Crippen MR) is 46.6 cm³/mol. The Bertz CT molecular complexity index is 294. The topological polar surface area (TPSA) is 18.5 Å². The summed E-state index contributed by atoms with van der Waals surface area (Å²) in [5, 5.41) is 0. The molecule has 1 aliphatic heterocycles. The van der Waals surface area contributed by atoms with Gasteiger partial charge >= 0.3 is 0 Å². The molecule has 1 aliphatic rings. The fourth-order valence-corrected chi connectivity index (χ4v) is 1.15. The van der Waals surface area contributed by atoms with Gasteiger partial charge in [-0.15, -0.1) is 0 Å². The molecule has 0 aliphatic carbocycles. The molecule has 0 spiro atoms. The fraction of sp³-hybridized carbons (Fsp3) is 0.200. The summed E-state index contributed by atoms with van der Waals surface area (Å²) in [5.74, 6) is 1.62. The van der Waals surface area contributed by atoms with E-state index in [0.29, 0.717) is 6.61 Å². The molecule has 1 aromatic carbocycles. The van der Waals surface area contributed by atoms with Crippen molar-refractivity contribution in [3.05, 3.63) is 36.9 Å². The fourth-order valence-electron chi connectivity index (χ4n) is 1.15. The molecule has 1 atom stereocenters. The number of hydrogen-bond acceptors (Lipinski definition) is 2. The Kier molecular flexibility index (Phi) is 1.74. The average molecular weight is 162 g/mol. The largest absolute Gasteiger partial charge is 0.485 e. The van der Waals surface area contributed by atoms with Crippen LogP contribution >= 0.6 is 0 Å². The molecule has 12 heavy (non-hydrogen) atoms. The van der Waals surface area contributed by atoms with Gasteiger partial charge in [0, 0.05) is 0 Å². The summed E-state index contributed by atoms with van der Waals surface area (Å²) in [4.78, 5) is 0. The molecule has 0 bridgehead atoms. The van der Waals surface area contributed by atoms with Crippen molar-refractivity contribution in [2.24, 2.45) is 0 Å².